The third-order valence-electron chi connectivity index (χ3n) is 3.31. The molecule has 1 aliphatic heterocycles. The second-order valence-corrected chi connectivity index (χ2v) is 4.53. The van der Waals surface area contributed by atoms with Crippen LogP contribution in [-0.2, 0) is 6.42 Å². The lowest BCUT2D eigenvalue weighted by molar-refractivity contribution is 0.340. The molecular weight excluding hydrogens is 216 g/mol. The second kappa shape index (κ2) is 4.33. The van der Waals surface area contributed by atoms with Gasteiger partial charge >= 0.3 is 0 Å². The molecule has 0 aromatic carbocycles. The summed E-state index contributed by atoms with van der Waals surface area (Å²) in [5.74, 6) is 1.17. The van der Waals surface area contributed by atoms with Crippen LogP contribution in [0.1, 0.15) is 18.7 Å². The van der Waals surface area contributed by atoms with Gasteiger partial charge in [-0.2, -0.15) is 0 Å². The van der Waals surface area contributed by atoms with Crippen molar-refractivity contribution in [1.29, 1.82) is 0 Å². The zero-order valence-electron chi connectivity index (χ0n) is 9.71. The van der Waals surface area contributed by atoms with Crippen LogP contribution in [0.3, 0.4) is 0 Å². The van der Waals surface area contributed by atoms with Gasteiger partial charge in [-0.3, -0.25) is 4.40 Å². The molecule has 5 heteroatoms. The fraction of sp³-hybridized carbons (Fsp3) is 0.500. The minimum Gasteiger partial charge on any atom is -0.506 e. The van der Waals surface area contributed by atoms with Gasteiger partial charge in [0.15, 0.2) is 5.65 Å². The number of hydrogen-bond acceptors (Lipinski definition) is 4. The lowest BCUT2D eigenvalue weighted by Gasteiger charge is -2.13. The van der Waals surface area contributed by atoms with E-state index in [4.69, 9.17) is 0 Å². The average molecular weight is 232 g/mol. The first-order chi connectivity index (χ1) is 8.33. The van der Waals surface area contributed by atoms with E-state index >= 15 is 0 Å². The Morgan fingerprint density at radius 2 is 2.00 bits per heavy atom. The molecule has 0 aliphatic carbocycles. The Morgan fingerprint density at radius 3 is 2.82 bits per heavy atom. The largest absolute Gasteiger partial charge is 0.506 e. The normalized spacial score (nSPS) is 16.9. The summed E-state index contributed by atoms with van der Waals surface area (Å²) in [7, 11) is 0. The van der Waals surface area contributed by atoms with E-state index in [0.29, 0.717) is 0 Å². The van der Waals surface area contributed by atoms with E-state index in [2.05, 4.69) is 15.1 Å². The van der Waals surface area contributed by atoms with E-state index in [1.165, 1.54) is 25.9 Å². The molecule has 1 aliphatic rings. The summed E-state index contributed by atoms with van der Waals surface area (Å²) < 4.78 is 1.87. The van der Waals surface area contributed by atoms with Gasteiger partial charge in [0, 0.05) is 13.0 Å². The van der Waals surface area contributed by atoms with E-state index < -0.39 is 0 Å². The number of aromatic hydroxyl groups is 1. The Hall–Kier alpha value is -1.62. The quantitative estimate of drug-likeness (QED) is 0.860. The topological polar surface area (TPSA) is 53.7 Å². The molecule has 5 nitrogen and oxygen atoms in total. The number of nitrogens with zero attached hydrogens (tertiary/aromatic N) is 4. The molecule has 0 spiro atoms. The predicted molar refractivity (Wildman–Crippen MR) is 64.0 cm³/mol. The van der Waals surface area contributed by atoms with Gasteiger partial charge in [-0.15, -0.1) is 10.2 Å². The minimum atomic E-state index is 0.250. The molecule has 3 rings (SSSR count). The molecule has 3 heterocycles. The maximum atomic E-state index is 9.47. The van der Waals surface area contributed by atoms with E-state index in [9.17, 15) is 5.11 Å². The van der Waals surface area contributed by atoms with Gasteiger partial charge in [0.1, 0.15) is 11.6 Å². The molecule has 0 radical (unpaired) electrons. The molecular formula is C12H16N4O. The third kappa shape index (κ3) is 2.10. The van der Waals surface area contributed by atoms with Gasteiger partial charge in [0.05, 0.1) is 6.20 Å². The highest BCUT2D eigenvalue weighted by Crippen LogP contribution is 2.13. The van der Waals surface area contributed by atoms with Crippen molar-refractivity contribution in [1.82, 2.24) is 19.5 Å². The predicted octanol–water partition coefficient (Wildman–Crippen LogP) is 1.07. The SMILES string of the molecule is Oc1ccc2nnc(CCN3CCCC3)n2c1. The minimum absolute atomic E-state index is 0.250. The Morgan fingerprint density at radius 1 is 1.18 bits per heavy atom. The number of likely N-dealkylation sites (tertiary alicyclic amines) is 1. The first-order valence-corrected chi connectivity index (χ1v) is 6.08. The first-order valence-electron chi connectivity index (χ1n) is 6.08. The van der Waals surface area contributed by atoms with Crippen LogP contribution in [0, 0.1) is 0 Å². The lowest BCUT2D eigenvalue weighted by atomic mass is 10.3. The molecule has 0 amide bonds. The van der Waals surface area contributed by atoms with Crippen LogP contribution in [0.15, 0.2) is 18.3 Å². The van der Waals surface area contributed by atoms with Gasteiger partial charge < -0.3 is 10.0 Å². The van der Waals surface area contributed by atoms with E-state index in [1.807, 2.05) is 4.40 Å². The van der Waals surface area contributed by atoms with Crippen LogP contribution in [0.25, 0.3) is 5.65 Å². The van der Waals surface area contributed by atoms with Crippen molar-refractivity contribution in [3.8, 4) is 5.75 Å². The number of rotatable bonds is 3. The molecule has 0 atom stereocenters. The van der Waals surface area contributed by atoms with Crippen molar-refractivity contribution >= 4 is 5.65 Å². The summed E-state index contributed by atoms with van der Waals surface area (Å²) in [5, 5.41) is 17.7. The Labute approximate surface area is 99.7 Å². The molecule has 0 unspecified atom stereocenters. The van der Waals surface area contributed by atoms with Crippen molar-refractivity contribution in [3.63, 3.8) is 0 Å². The molecule has 17 heavy (non-hydrogen) atoms. The van der Waals surface area contributed by atoms with Gasteiger partial charge in [-0.1, -0.05) is 0 Å². The van der Waals surface area contributed by atoms with Crippen LogP contribution >= 0.6 is 0 Å². The fourth-order valence-corrected chi connectivity index (χ4v) is 2.36. The summed E-state index contributed by atoms with van der Waals surface area (Å²) in [4.78, 5) is 2.45. The van der Waals surface area contributed by atoms with Crippen molar-refractivity contribution in [2.75, 3.05) is 19.6 Å². The Kier molecular flexibility index (Phi) is 2.68. The number of fused-ring (bicyclic) bond motifs is 1. The summed E-state index contributed by atoms with van der Waals surface area (Å²) in [6, 6.07) is 3.41. The van der Waals surface area contributed by atoms with Gasteiger partial charge in [-0.25, -0.2) is 0 Å². The number of aromatic nitrogens is 3. The maximum absolute atomic E-state index is 9.47. The van der Waals surface area contributed by atoms with Crippen LogP contribution < -0.4 is 0 Å². The van der Waals surface area contributed by atoms with Crippen molar-refractivity contribution in [3.05, 3.63) is 24.2 Å². The molecule has 90 valence electrons. The molecule has 2 aromatic heterocycles. The van der Waals surface area contributed by atoms with E-state index in [-0.39, 0.29) is 5.75 Å². The summed E-state index contributed by atoms with van der Waals surface area (Å²) in [6.45, 7) is 3.42. The maximum Gasteiger partial charge on any atom is 0.161 e. The van der Waals surface area contributed by atoms with E-state index in [1.54, 1.807) is 18.3 Å². The fourth-order valence-electron chi connectivity index (χ4n) is 2.36. The molecule has 0 bridgehead atoms. The molecule has 1 fully saturated rings. The zero-order valence-corrected chi connectivity index (χ0v) is 9.71. The molecule has 0 saturated carbocycles. The van der Waals surface area contributed by atoms with Crippen LogP contribution in [0.2, 0.25) is 0 Å². The highest BCUT2D eigenvalue weighted by Gasteiger charge is 2.13. The monoisotopic (exact) mass is 232 g/mol. The van der Waals surface area contributed by atoms with E-state index in [0.717, 1.165) is 24.4 Å². The molecule has 1 N–H and O–H groups in total. The Balaban J connectivity index is 1.77. The second-order valence-electron chi connectivity index (χ2n) is 4.53. The highest BCUT2D eigenvalue weighted by atomic mass is 16.3. The lowest BCUT2D eigenvalue weighted by Crippen LogP contribution is -2.22. The molecule has 2 aromatic rings. The van der Waals surface area contributed by atoms with Gasteiger partial charge in [-0.05, 0) is 38.1 Å². The average Bonchev–Trinajstić information content (AvgIpc) is 2.94. The van der Waals surface area contributed by atoms with Crippen LogP contribution in [-0.4, -0.2) is 44.2 Å². The van der Waals surface area contributed by atoms with Crippen LogP contribution in [0.5, 0.6) is 5.75 Å². The first kappa shape index (κ1) is 10.5. The zero-order chi connectivity index (χ0) is 11.7. The summed E-state index contributed by atoms with van der Waals surface area (Å²) in [6.07, 6.45) is 5.17. The van der Waals surface area contributed by atoms with Gasteiger partial charge in [0.2, 0.25) is 0 Å². The summed E-state index contributed by atoms with van der Waals surface area (Å²) >= 11 is 0. The third-order valence-corrected chi connectivity index (χ3v) is 3.31. The highest BCUT2D eigenvalue weighted by molar-refractivity contribution is 5.40. The number of hydrogen-bond donors (Lipinski definition) is 1. The smallest absolute Gasteiger partial charge is 0.161 e. The number of pyridine rings is 1. The molecule has 1 saturated heterocycles. The van der Waals surface area contributed by atoms with Crippen LogP contribution in [0.4, 0.5) is 0 Å². The van der Waals surface area contributed by atoms with Crippen molar-refractivity contribution in [2.24, 2.45) is 0 Å². The van der Waals surface area contributed by atoms with Crippen molar-refractivity contribution < 1.29 is 5.11 Å². The Bertz CT molecular complexity index is 516. The summed E-state index contributed by atoms with van der Waals surface area (Å²) in [5.41, 5.74) is 0.791. The van der Waals surface area contributed by atoms with Gasteiger partial charge in [0.25, 0.3) is 0 Å². The standard InChI is InChI=1S/C12H16N4O/c17-10-3-4-11-13-14-12(16(11)9-10)5-8-15-6-1-2-7-15/h3-4,9,17H,1-2,5-8H2. The van der Waals surface area contributed by atoms with Crippen molar-refractivity contribution in [2.45, 2.75) is 19.3 Å².